The van der Waals surface area contributed by atoms with Gasteiger partial charge in [0.25, 0.3) is 0 Å². The molecule has 30 heavy (non-hydrogen) atoms. The number of nitriles is 1. The molecule has 1 N–H and O–H groups in total. The van der Waals surface area contributed by atoms with Gasteiger partial charge in [-0.3, -0.25) is 4.79 Å². The number of nitrogens with zero attached hydrogens (tertiary/aromatic N) is 1. The average Bonchev–Trinajstić information content (AvgIpc) is 2.68. The van der Waals surface area contributed by atoms with Crippen molar-refractivity contribution < 1.29 is 23.8 Å². The number of ether oxygens (including phenoxy) is 2. The summed E-state index contributed by atoms with van der Waals surface area (Å²) in [6, 6.07) is 10.9. The fraction of sp³-hybridized carbons (Fsp3) is 0.333. The monoisotopic (exact) mass is 409 g/mol. The highest BCUT2D eigenvalue weighted by Gasteiger charge is 2.47. The van der Waals surface area contributed by atoms with E-state index in [2.05, 4.69) is 0 Å². The average molecular weight is 409 g/mol. The van der Waals surface area contributed by atoms with Gasteiger partial charge >= 0.3 is 0 Å². The van der Waals surface area contributed by atoms with Crippen LogP contribution < -0.4 is 4.74 Å². The Kier molecular flexibility index (Phi) is 5.44. The first-order valence-electron chi connectivity index (χ1n) is 9.69. The Hall–Kier alpha value is -3.17. The van der Waals surface area contributed by atoms with E-state index in [4.69, 9.17) is 14.7 Å². The Labute approximate surface area is 175 Å². The van der Waals surface area contributed by atoms with Crippen molar-refractivity contribution in [3.05, 3.63) is 64.7 Å². The molecule has 0 aromatic heterocycles. The molecule has 156 valence electrons. The van der Waals surface area contributed by atoms with E-state index in [1.807, 2.05) is 13.0 Å². The normalized spacial score (nSPS) is 17.6. The van der Waals surface area contributed by atoms with E-state index < -0.39 is 17.0 Å². The molecular formula is C24H24FNO4. The molecule has 0 spiro atoms. The number of carbonyl (C=O) groups is 1. The van der Waals surface area contributed by atoms with Crippen LogP contribution >= 0.6 is 0 Å². The lowest BCUT2D eigenvalue weighted by Gasteiger charge is -2.40. The van der Waals surface area contributed by atoms with Gasteiger partial charge in [-0.15, -0.1) is 0 Å². The number of carbonyl (C=O) groups excluding carboxylic acids is 1. The van der Waals surface area contributed by atoms with Crippen LogP contribution in [0, 0.1) is 17.1 Å². The molecule has 0 atom stereocenters. The molecule has 2 aromatic rings. The number of aliphatic hydroxyl groups is 1. The molecule has 0 saturated heterocycles. The number of benzene rings is 2. The molecule has 0 fully saturated rings. The van der Waals surface area contributed by atoms with Crippen molar-refractivity contribution in [3.8, 4) is 17.6 Å². The van der Waals surface area contributed by atoms with Gasteiger partial charge in [0.1, 0.15) is 22.7 Å². The second kappa shape index (κ2) is 7.58. The van der Waals surface area contributed by atoms with Crippen molar-refractivity contribution in [2.24, 2.45) is 0 Å². The van der Waals surface area contributed by atoms with Gasteiger partial charge in [-0.1, -0.05) is 13.0 Å². The number of rotatable bonds is 4. The molecule has 0 saturated carbocycles. The molecule has 1 heterocycles. The second-order valence-corrected chi connectivity index (χ2v) is 8.21. The first kappa shape index (κ1) is 21.5. The summed E-state index contributed by atoms with van der Waals surface area (Å²) in [6.07, 6.45) is 0.618. The molecule has 1 aliphatic rings. The first-order chi connectivity index (χ1) is 14.0. The third kappa shape index (κ3) is 3.81. The maximum Gasteiger partial charge on any atom is 0.198 e. The molecular weight excluding hydrogens is 385 g/mol. The molecule has 0 unspecified atom stereocenters. The lowest BCUT2D eigenvalue weighted by molar-refractivity contribution is -0.158. The standard InChI is InChI=1S/C24H24FNO4/c1-6-15-8-9-16(29-19-10-7-14(13-26)11-18(19)25)12-17(15)20-21(27)23(2,3)30-24(4,5)22(20)28/h7-12,27H,6H2,1-5H3. The van der Waals surface area contributed by atoms with E-state index in [1.54, 1.807) is 45.9 Å². The summed E-state index contributed by atoms with van der Waals surface area (Å²) in [7, 11) is 0. The van der Waals surface area contributed by atoms with Crippen LogP contribution in [-0.2, 0) is 16.0 Å². The topological polar surface area (TPSA) is 79.6 Å². The molecule has 0 aliphatic carbocycles. The van der Waals surface area contributed by atoms with E-state index in [0.29, 0.717) is 17.7 Å². The zero-order valence-corrected chi connectivity index (χ0v) is 17.7. The number of hydrogen-bond donors (Lipinski definition) is 1. The third-order valence-corrected chi connectivity index (χ3v) is 5.11. The quantitative estimate of drug-likeness (QED) is 0.723. The highest BCUT2D eigenvalue weighted by Crippen LogP contribution is 2.42. The Morgan fingerprint density at radius 3 is 2.43 bits per heavy atom. The highest BCUT2D eigenvalue weighted by atomic mass is 19.1. The van der Waals surface area contributed by atoms with Crippen molar-refractivity contribution in [2.45, 2.75) is 52.2 Å². The number of hydrogen-bond acceptors (Lipinski definition) is 5. The van der Waals surface area contributed by atoms with Gasteiger partial charge in [0.15, 0.2) is 17.3 Å². The predicted octanol–water partition coefficient (Wildman–Crippen LogP) is 5.48. The molecule has 6 heteroatoms. The molecule has 0 radical (unpaired) electrons. The highest BCUT2D eigenvalue weighted by molar-refractivity contribution is 6.26. The lowest BCUT2D eigenvalue weighted by atomic mass is 9.81. The minimum absolute atomic E-state index is 0.0404. The summed E-state index contributed by atoms with van der Waals surface area (Å²) >= 11 is 0. The van der Waals surface area contributed by atoms with E-state index in [0.717, 1.165) is 11.6 Å². The Morgan fingerprint density at radius 2 is 1.83 bits per heavy atom. The van der Waals surface area contributed by atoms with Crippen molar-refractivity contribution >= 4 is 11.4 Å². The molecule has 3 rings (SSSR count). The Bertz CT molecular complexity index is 1090. The van der Waals surface area contributed by atoms with E-state index in [1.165, 1.54) is 12.1 Å². The fourth-order valence-electron chi connectivity index (χ4n) is 3.63. The summed E-state index contributed by atoms with van der Waals surface area (Å²) in [5.41, 5.74) is -0.435. The molecule has 5 nitrogen and oxygen atoms in total. The number of aliphatic hydroxyl groups excluding tert-OH is 1. The van der Waals surface area contributed by atoms with Crippen LogP contribution in [0.25, 0.3) is 5.57 Å². The Balaban J connectivity index is 2.12. The zero-order chi connectivity index (χ0) is 22.3. The van der Waals surface area contributed by atoms with Crippen LogP contribution in [0.2, 0.25) is 0 Å². The van der Waals surface area contributed by atoms with Gasteiger partial charge < -0.3 is 14.6 Å². The van der Waals surface area contributed by atoms with Crippen LogP contribution in [0.1, 0.15) is 51.3 Å². The van der Waals surface area contributed by atoms with Crippen molar-refractivity contribution in [3.63, 3.8) is 0 Å². The van der Waals surface area contributed by atoms with Crippen LogP contribution in [0.3, 0.4) is 0 Å². The smallest absolute Gasteiger partial charge is 0.198 e. The maximum atomic E-state index is 14.3. The van der Waals surface area contributed by atoms with Crippen molar-refractivity contribution in [1.82, 2.24) is 0 Å². The summed E-state index contributed by atoms with van der Waals surface area (Å²) in [4.78, 5) is 13.1. The molecule has 1 aliphatic heterocycles. The molecule has 2 aromatic carbocycles. The minimum atomic E-state index is -1.12. The van der Waals surface area contributed by atoms with E-state index >= 15 is 0 Å². The van der Waals surface area contributed by atoms with Crippen LogP contribution in [0.4, 0.5) is 4.39 Å². The number of aryl methyl sites for hydroxylation is 1. The number of Topliss-reactive ketones (excluding diaryl/α,β-unsaturated/α-hetero) is 1. The van der Waals surface area contributed by atoms with Crippen molar-refractivity contribution in [2.75, 3.05) is 0 Å². The van der Waals surface area contributed by atoms with Gasteiger partial charge in [-0.2, -0.15) is 5.26 Å². The maximum absolute atomic E-state index is 14.3. The Morgan fingerprint density at radius 1 is 1.13 bits per heavy atom. The van der Waals surface area contributed by atoms with Gasteiger partial charge in [0, 0.05) is 0 Å². The van der Waals surface area contributed by atoms with E-state index in [-0.39, 0.29) is 28.4 Å². The third-order valence-electron chi connectivity index (χ3n) is 5.11. The number of ketones is 1. The first-order valence-corrected chi connectivity index (χ1v) is 9.69. The summed E-state index contributed by atoms with van der Waals surface area (Å²) < 4.78 is 25.7. The summed E-state index contributed by atoms with van der Waals surface area (Å²) in [5, 5.41) is 19.7. The van der Waals surface area contributed by atoms with Crippen LogP contribution in [-0.4, -0.2) is 22.1 Å². The van der Waals surface area contributed by atoms with Crippen LogP contribution in [0.15, 0.2) is 42.2 Å². The largest absolute Gasteiger partial charge is 0.508 e. The zero-order valence-electron chi connectivity index (χ0n) is 17.7. The predicted molar refractivity (Wildman–Crippen MR) is 111 cm³/mol. The molecule has 0 amide bonds. The summed E-state index contributed by atoms with van der Waals surface area (Å²) in [6.45, 7) is 8.68. The lowest BCUT2D eigenvalue weighted by Crippen LogP contribution is -2.49. The van der Waals surface area contributed by atoms with Gasteiger partial charge in [0.05, 0.1) is 17.2 Å². The molecule has 0 bridgehead atoms. The fourth-order valence-corrected chi connectivity index (χ4v) is 3.63. The number of halogens is 1. The van der Waals surface area contributed by atoms with Gasteiger partial charge in [-0.25, -0.2) is 4.39 Å². The van der Waals surface area contributed by atoms with Crippen LogP contribution in [0.5, 0.6) is 11.5 Å². The van der Waals surface area contributed by atoms with Crippen molar-refractivity contribution in [1.29, 1.82) is 5.26 Å². The van der Waals surface area contributed by atoms with Gasteiger partial charge in [-0.05, 0) is 75.6 Å². The summed E-state index contributed by atoms with van der Waals surface area (Å²) in [5.74, 6) is -0.886. The SMILES string of the molecule is CCc1ccc(Oc2ccc(C#N)cc2F)cc1C1=C(O)C(C)(C)OC(C)(C)C1=O. The minimum Gasteiger partial charge on any atom is -0.508 e. The van der Waals surface area contributed by atoms with Gasteiger partial charge in [0.2, 0.25) is 0 Å². The van der Waals surface area contributed by atoms with E-state index in [9.17, 15) is 14.3 Å². The second-order valence-electron chi connectivity index (χ2n) is 8.21.